The molecule has 0 saturated carbocycles. The van der Waals surface area contributed by atoms with Gasteiger partial charge in [-0.15, -0.1) is 11.3 Å². The van der Waals surface area contributed by atoms with Gasteiger partial charge in [0.25, 0.3) is 5.91 Å². The number of aryl methyl sites for hydroxylation is 1. The number of allylic oxidation sites excluding steroid dienone is 4. The maximum atomic E-state index is 12.7. The van der Waals surface area contributed by atoms with Crippen molar-refractivity contribution in [2.24, 2.45) is 0 Å². The lowest BCUT2D eigenvalue weighted by Gasteiger charge is -2.24. The lowest BCUT2D eigenvalue weighted by molar-refractivity contribution is -0.119. The van der Waals surface area contributed by atoms with Crippen molar-refractivity contribution < 1.29 is 14.3 Å². The zero-order valence-electron chi connectivity index (χ0n) is 15.5. The molecule has 2 heterocycles. The molecule has 1 aromatic heterocycles. The summed E-state index contributed by atoms with van der Waals surface area (Å²) in [6.45, 7) is 3.67. The molecule has 27 heavy (non-hydrogen) atoms. The topological polar surface area (TPSA) is 96.3 Å². The van der Waals surface area contributed by atoms with E-state index in [9.17, 15) is 4.79 Å². The van der Waals surface area contributed by atoms with E-state index in [0.717, 1.165) is 22.7 Å². The van der Waals surface area contributed by atoms with E-state index >= 15 is 0 Å². The third-order valence-corrected chi connectivity index (χ3v) is 5.23. The van der Waals surface area contributed by atoms with Crippen LogP contribution >= 0.6 is 11.3 Å². The number of ether oxygens (including phenoxy) is 2. The van der Waals surface area contributed by atoms with Gasteiger partial charge in [0, 0.05) is 38.1 Å². The summed E-state index contributed by atoms with van der Waals surface area (Å²) >= 11 is 1.58. The van der Waals surface area contributed by atoms with Crippen LogP contribution < -0.4 is 10.6 Å². The SMILES string of the molecule is CN/C(C(=O)NC1CCOCC1)=C1/C=C(OCc2cnc(C)s2)C=CC1=N. The second kappa shape index (κ2) is 8.96. The second-order valence-electron chi connectivity index (χ2n) is 6.33. The quantitative estimate of drug-likeness (QED) is 0.650. The number of rotatable bonds is 6. The zero-order valence-corrected chi connectivity index (χ0v) is 16.3. The van der Waals surface area contributed by atoms with Crippen LogP contribution in [-0.4, -0.2) is 42.9 Å². The van der Waals surface area contributed by atoms with E-state index in [1.54, 1.807) is 42.8 Å². The van der Waals surface area contributed by atoms with Crippen LogP contribution in [0, 0.1) is 12.3 Å². The van der Waals surface area contributed by atoms with Gasteiger partial charge in [0.2, 0.25) is 0 Å². The highest BCUT2D eigenvalue weighted by atomic mass is 32.1. The molecule has 0 aromatic carbocycles. The molecule has 0 bridgehead atoms. The molecule has 0 radical (unpaired) electrons. The first-order valence-corrected chi connectivity index (χ1v) is 9.72. The van der Waals surface area contributed by atoms with Crippen LogP contribution in [0.2, 0.25) is 0 Å². The Morgan fingerprint density at radius 1 is 1.41 bits per heavy atom. The third kappa shape index (κ3) is 5.05. The molecule has 1 saturated heterocycles. The van der Waals surface area contributed by atoms with Crippen molar-refractivity contribution in [3.63, 3.8) is 0 Å². The summed E-state index contributed by atoms with van der Waals surface area (Å²) in [4.78, 5) is 17.9. The fraction of sp³-hybridized carbons (Fsp3) is 0.421. The van der Waals surface area contributed by atoms with E-state index in [1.807, 2.05) is 6.92 Å². The van der Waals surface area contributed by atoms with Crippen LogP contribution in [0.25, 0.3) is 0 Å². The Morgan fingerprint density at radius 3 is 2.85 bits per heavy atom. The van der Waals surface area contributed by atoms with Gasteiger partial charge in [-0.1, -0.05) is 0 Å². The number of nitrogens with zero attached hydrogens (tertiary/aromatic N) is 1. The van der Waals surface area contributed by atoms with E-state index in [4.69, 9.17) is 14.9 Å². The molecule has 3 rings (SSSR count). The number of amides is 1. The van der Waals surface area contributed by atoms with Gasteiger partial charge < -0.3 is 25.5 Å². The molecule has 2 aliphatic rings. The highest BCUT2D eigenvalue weighted by molar-refractivity contribution is 7.11. The Hall–Kier alpha value is -2.45. The van der Waals surface area contributed by atoms with Gasteiger partial charge in [0.1, 0.15) is 18.1 Å². The largest absolute Gasteiger partial charge is 0.488 e. The Balaban J connectivity index is 1.73. The van der Waals surface area contributed by atoms with E-state index < -0.39 is 0 Å². The molecule has 7 nitrogen and oxygen atoms in total. The van der Waals surface area contributed by atoms with Gasteiger partial charge in [-0.25, -0.2) is 4.98 Å². The van der Waals surface area contributed by atoms with Crippen LogP contribution in [0.15, 0.2) is 41.5 Å². The predicted octanol–water partition coefficient (Wildman–Crippen LogP) is 2.21. The van der Waals surface area contributed by atoms with E-state index in [-0.39, 0.29) is 17.7 Å². The molecular weight excluding hydrogens is 364 g/mol. The summed E-state index contributed by atoms with van der Waals surface area (Å²) in [7, 11) is 1.69. The minimum Gasteiger partial charge on any atom is -0.488 e. The number of carbonyl (C=O) groups excluding carboxylic acids is 1. The number of carbonyl (C=O) groups is 1. The number of hydrogen-bond acceptors (Lipinski definition) is 7. The highest BCUT2D eigenvalue weighted by Crippen LogP contribution is 2.20. The first-order chi connectivity index (χ1) is 13.1. The molecule has 0 unspecified atom stereocenters. The summed E-state index contributed by atoms with van der Waals surface area (Å²) in [5.41, 5.74) is 1.15. The Morgan fingerprint density at radius 2 is 2.19 bits per heavy atom. The average molecular weight is 388 g/mol. The maximum absolute atomic E-state index is 12.7. The molecule has 0 spiro atoms. The number of hydrogen-bond donors (Lipinski definition) is 3. The first-order valence-electron chi connectivity index (χ1n) is 8.90. The van der Waals surface area contributed by atoms with E-state index in [1.165, 1.54) is 0 Å². The number of thiazole rings is 1. The second-order valence-corrected chi connectivity index (χ2v) is 7.65. The van der Waals surface area contributed by atoms with Crippen molar-refractivity contribution in [2.75, 3.05) is 20.3 Å². The van der Waals surface area contributed by atoms with Gasteiger partial charge in [0.05, 0.1) is 15.6 Å². The van der Waals surface area contributed by atoms with Crippen molar-refractivity contribution in [2.45, 2.75) is 32.4 Å². The van der Waals surface area contributed by atoms with E-state index in [0.29, 0.717) is 36.8 Å². The van der Waals surface area contributed by atoms with Gasteiger partial charge in [-0.2, -0.15) is 0 Å². The number of aromatic nitrogens is 1. The predicted molar refractivity (Wildman–Crippen MR) is 105 cm³/mol. The smallest absolute Gasteiger partial charge is 0.268 e. The molecule has 0 atom stereocenters. The molecule has 144 valence electrons. The molecule has 1 fully saturated rings. The molecule has 8 heteroatoms. The molecule has 1 amide bonds. The normalized spacial score (nSPS) is 19.5. The summed E-state index contributed by atoms with van der Waals surface area (Å²) in [6, 6.07) is 0.0952. The number of likely N-dealkylation sites (N-methyl/N-ethyl adjacent to an activating group) is 1. The minimum atomic E-state index is -0.215. The Labute approximate surface area is 162 Å². The fourth-order valence-electron chi connectivity index (χ4n) is 2.92. The van der Waals surface area contributed by atoms with E-state index in [2.05, 4.69) is 15.6 Å². The minimum absolute atomic E-state index is 0.0952. The molecule has 1 aliphatic carbocycles. The molecule has 1 aromatic rings. The lowest BCUT2D eigenvalue weighted by Crippen LogP contribution is -2.42. The van der Waals surface area contributed by atoms with Crippen molar-refractivity contribution in [1.82, 2.24) is 15.6 Å². The first kappa shape index (κ1) is 19.3. The summed E-state index contributed by atoms with van der Waals surface area (Å²) in [6.07, 6.45) is 8.50. The highest BCUT2D eigenvalue weighted by Gasteiger charge is 2.22. The van der Waals surface area contributed by atoms with Gasteiger partial charge >= 0.3 is 0 Å². The Bertz CT molecular complexity index is 804. The van der Waals surface area contributed by atoms with Gasteiger partial charge in [-0.05, 0) is 38.0 Å². The van der Waals surface area contributed by atoms with Crippen LogP contribution in [0.1, 0.15) is 22.7 Å². The van der Waals surface area contributed by atoms with Crippen molar-refractivity contribution in [3.8, 4) is 0 Å². The van der Waals surface area contributed by atoms with Crippen LogP contribution in [0.3, 0.4) is 0 Å². The lowest BCUT2D eigenvalue weighted by atomic mass is 10.0. The Kier molecular flexibility index (Phi) is 6.41. The summed E-state index contributed by atoms with van der Waals surface area (Å²) in [5.74, 6) is 0.395. The standard InChI is InChI=1S/C19H24N4O3S/c1-12-22-10-15(27-12)11-26-14-3-4-17(20)16(9-14)18(21-2)19(24)23-13-5-7-25-8-6-13/h3-4,9-10,13,20-21H,5-8,11H2,1-2H3,(H,23,24)/b18-16-,20-17?. The van der Waals surface area contributed by atoms with Crippen molar-refractivity contribution in [1.29, 1.82) is 5.41 Å². The van der Waals surface area contributed by atoms with Gasteiger partial charge in [-0.3, -0.25) is 4.79 Å². The van der Waals surface area contributed by atoms with Crippen molar-refractivity contribution in [3.05, 3.63) is 51.3 Å². The van der Waals surface area contributed by atoms with Crippen LogP contribution in [0.4, 0.5) is 0 Å². The summed E-state index contributed by atoms with van der Waals surface area (Å²) < 4.78 is 11.2. The van der Waals surface area contributed by atoms with Crippen LogP contribution in [-0.2, 0) is 20.9 Å². The zero-order chi connectivity index (χ0) is 19.2. The summed E-state index contributed by atoms with van der Waals surface area (Å²) in [5, 5.41) is 15.2. The molecule has 3 N–H and O–H groups in total. The maximum Gasteiger partial charge on any atom is 0.268 e. The molecular formula is C19H24N4O3S. The fourth-order valence-corrected chi connectivity index (χ4v) is 3.62. The average Bonchev–Trinajstić information content (AvgIpc) is 3.09. The monoisotopic (exact) mass is 388 g/mol. The van der Waals surface area contributed by atoms with Gasteiger partial charge in [0.15, 0.2) is 0 Å². The number of nitrogens with one attached hydrogen (secondary N) is 3. The third-order valence-electron chi connectivity index (χ3n) is 4.34. The van der Waals surface area contributed by atoms with Crippen LogP contribution in [0.5, 0.6) is 0 Å². The molecule has 1 aliphatic heterocycles. The van der Waals surface area contributed by atoms with Crippen molar-refractivity contribution >= 4 is 23.0 Å².